The maximum absolute atomic E-state index is 13.9. The number of hydrogen-bond acceptors (Lipinski definition) is 3. The van der Waals surface area contributed by atoms with E-state index >= 15 is 0 Å². The molecular formula is C14H21FN2O2S. The van der Waals surface area contributed by atoms with Crippen molar-refractivity contribution in [1.82, 2.24) is 4.31 Å². The molecule has 0 radical (unpaired) electrons. The minimum atomic E-state index is -3.78. The Balaban J connectivity index is 2.37. The fraction of sp³-hybridized carbons (Fsp3) is 0.571. The number of nitrogens with zero attached hydrogens (tertiary/aromatic N) is 1. The first-order chi connectivity index (χ1) is 9.46. The zero-order valence-corrected chi connectivity index (χ0v) is 12.5. The Morgan fingerprint density at radius 3 is 2.80 bits per heavy atom. The van der Waals surface area contributed by atoms with Gasteiger partial charge in [-0.25, -0.2) is 12.8 Å². The largest absolute Gasteiger partial charge is 0.399 e. The SMILES string of the molecule is CCCC1CCCCN1S(=O)(=O)c1ccc(N)cc1F. The number of sulfonamides is 1. The molecule has 1 aliphatic heterocycles. The topological polar surface area (TPSA) is 63.4 Å². The number of piperidine rings is 1. The predicted molar refractivity (Wildman–Crippen MR) is 77.3 cm³/mol. The average molecular weight is 300 g/mol. The van der Waals surface area contributed by atoms with Crippen molar-refractivity contribution in [2.24, 2.45) is 0 Å². The highest BCUT2D eigenvalue weighted by Gasteiger charge is 2.34. The van der Waals surface area contributed by atoms with E-state index in [0.717, 1.165) is 38.2 Å². The molecule has 2 N–H and O–H groups in total. The number of benzene rings is 1. The first kappa shape index (κ1) is 15.3. The standard InChI is InChI=1S/C14H21FN2O2S/c1-2-5-12-6-3-4-9-17(12)20(18,19)14-8-7-11(16)10-13(14)15/h7-8,10,12H,2-6,9,16H2,1H3. The van der Waals surface area contributed by atoms with Crippen LogP contribution in [0.5, 0.6) is 0 Å². The number of nitrogens with two attached hydrogens (primary N) is 1. The lowest BCUT2D eigenvalue weighted by Crippen LogP contribution is -2.43. The third-order valence-electron chi connectivity index (χ3n) is 3.74. The van der Waals surface area contributed by atoms with Crippen LogP contribution < -0.4 is 5.73 Å². The number of halogens is 1. The molecule has 1 saturated heterocycles. The van der Waals surface area contributed by atoms with Crippen LogP contribution in [0.3, 0.4) is 0 Å². The highest BCUT2D eigenvalue weighted by molar-refractivity contribution is 7.89. The molecule has 1 heterocycles. The van der Waals surface area contributed by atoms with Gasteiger partial charge in [-0.3, -0.25) is 0 Å². The van der Waals surface area contributed by atoms with Gasteiger partial charge in [0.05, 0.1) is 0 Å². The van der Waals surface area contributed by atoms with Gasteiger partial charge in [-0.1, -0.05) is 19.8 Å². The summed E-state index contributed by atoms with van der Waals surface area (Å²) in [5.74, 6) is -0.772. The van der Waals surface area contributed by atoms with E-state index in [9.17, 15) is 12.8 Å². The van der Waals surface area contributed by atoms with E-state index in [2.05, 4.69) is 0 Å². The molecule has 0 aromatic heterocycles. The third kappa shape index (κ3) is 2.96. The van der Waals surface area contributed by atoms with Crippen molar-refractivity contribution in [3.63, 3.8) is 0 Å². The van der Waals surface area contributed by atoms with Gasteiger partial charge >= 0.3 is 0 Å². The molecule has 1 aliphatic rings. The van der Waals surface area contributed by atoms with Gasteiger partial charge in [0.1, 0.15) is 10.7 Å². The first-order valence-electron chi connectivity index (χ1n) is 7.03. The summed E-state index contributed by atoms with van der Waals surface area (Å²) in [5.41, 5.74) is 5.70. The molecule has 1 fully saturated rings. The van der Waals surface area contributed by atoms with Gasteiger partial charge in [0, 0.05) is 18.3 Å². The second kappa shape index (κ2) is 6.10. The van der Waals surface area contributed by atoms with Gasteiger partial charge < -0.3 is 5.73 Å². The van der Waals surface area contributed by atoms with Crippen molar-refractivity contribution in [3.8, 4) is 0 Å². The Hall–Kier alpha value is -1.14. The molecule has 0 aliphatic carbocycles. The van der Waals surface area contributed by atoms with Crippen LogP contribution in [0, 0.1) is 5.82 Å². The van der Waals surface area contributed by atoms with E-state index in [1.807, 2.05) is 6.92 Å². The van der Waals surface area contributed by atoms with Crippen molar-refractivity contribution in [2.75, 3.05) is 12.3 Å². The molecule has 1 aromatic carbocycles. The van der Waals surface area contributed by atoms with E-state index in [-0.39, 0.29) is 16.6 Å². The molecule has 0 bridgehead atoms. The average Bonchev–Trinajstić information content (AvgIpc) is 2.39. The quantitative estimate of drug-likeness (QED) is 0.870. The van der Waals surface area contributed by atoms with Crippen molar-refractivity contribution >= 4 is 15.7 Å². The molecule has 1 aromatic rings. The summed E-state index contributed by atoms with van der Waals surface area (Å²) in [5, 5.41) is 0. The minimum absolute atomic E-state index is 0.0179. The van der Waals surface area contributed by atoms with Crippen LogP contribution in [-0.2, 0) is 10.0 Å². The molecule has 1 unspecified atom stereocenters. The van der Waals surface area contributed by atoms with Crippen LogP contribution in [0.4, 0.5) is 10.1 Å². The van der Waals surface area contributed by atoms with Crippen LogP contribution in [0.2, 0.25) is 0 Å². The summed E-state index contributed by atoms with van der Waals surface area (Å²) >= 11 is 0. The number of nitrogen functional groups attached to an aromatic ring is 1. The molecule has 0 saturated carbocycles. The van der Waals surface area contributed by atoms with E-state index in [1.54, 1.807) is 0 Å². The number of hydrogen-bond donors (Lipinski definition) is 1. The molecule has 2 rings (SSSR count). The molecule has 0 amide bonds. The fourth-order valence-corrected chi connectivity index (χ4v) is 4.54. The second-order valence-corrected chi connectivity index (χ2v) is 7.10. The number of anilines is 1. The summed E-state index contributed by atoms with van der Waals surface area (Å²) in [6.07, 6.45) is 4.44. The van der Waals surface area contributed by atoms with Gasteiger partial charge in [-0.2, -0.15) is 4.31 Å². The molecule has 112 valence electrons. The fourth-order valence-electron chi connectivity index (χ4n) is 2.76. The molecular weight excluding hydrogens is 279 g/mol. The van der Waals surface area contributed by atoms with E-state index in [1.165, 1.54) is 16.4 Å². The highest BCUT2D eigenvalue weighted by atomic mass is 32.2. The maximum atomic E-state index is 13.9. The summed E-state index contributed by atoms with van der Waals surface area (Å²) in [7, 11) is -3.78. The number of rotatable bonds is 4. The Morgan fingerprint density at radius 2 is 2.15 bits per heavy atom. The van der Waals surface area contributed by atoms with Crippen molar-refractivity contribution < 1.29 is 12.8 Å². The zero-order chi connectivity index (χ0) is 14.8. The van der Waals surface area contributed by atoms with E-state index in [0.29, 0.717) is 6.54 Å². The molecule has 1 atom stereocenters. The van der Waals surface area contributed by atoms with E-state index < -0.39 is 15.8 Å². The molecule has 6 heteroatoms. The minimum Gasteiger partial charge on any atom is -0.399 e. The molecule has 20 heavy (non-hydrogen) atoms. The lowest BCUT2D eigenvalue weighted by molar-refractivity contribution is 0.239. The van der Waals surface area contributed by atoms with Crippen molar-refractivity contribution in [3.05, 3.63) is 24.0 Å². The summed E-state index contributed by atoms with van der Waals surface area (Å²) in [4.78, 5) is -0.269. The highest BCUT2D eigenvalue weighted by Crippen LogP contribution is 2.29. The summed E-state index contributed by atoms with van der Waals surface area (Å²) < 4.78 is 40.7. The molecule has 4 nitrogen and oxygen atoms in total. The van der Waals surface area contributed by atoms with Gasteiger partial charge in [-0.05, 0) is 37.5 Å². The second-order valence-electron chi connectivity index (χ2n) is 5.24. The first-order valence-corrected chi connectivity index (χ1v) is 8.47. The van der Waals surface area contributed by atoms with Gasteiger partial charge in [0.25, 0.3) is 0 Å². The summed E-state index contributed by atoms with van der Waals surface area (Å²) in [6.45, 7) is 2.50. The normalized spacial score (nSPS) is 21.0. The molecule has 0 spiro atoms. The monoisotopic (exact) mass is 300 g/mol. The van der Waals surface area contributed by atoms with Crippen LogP contribution in [0.25, 0.3) is 0 Å². The smallest absolute Gasteiger partial charge is 0.246 e. The Kier molecular flexibility index (Phi) is 4.65. The zero-order valence-electron chi connectivity index (χ0n) is 11.7. The lowest BCUT2D eigenvalue weighted by atomic mass is 10.0. The Morgan fingerprint density at radius 1 is 1.40 bits per heavy atom. The summed E-state index contributed by atoms with van der Waals surface area (Å²) in [6, 6.07) is 3.73. The van der Waals surface area contributed by atoms with Gasteiger partial charge in [0.2, 0.25) is 10.0 Å². The lowest BCUT2D eigenvalue weighted by Gasteiger charge is -2.34. The van der Waals surface area contributed by atoms with Gasteiger partial charge in [-0.15, -0.1) is 0 Å². The van der Waals surface area contributed by atoms with Crippen LogP contribution in [0.1, 0.15) is 39.0 Å². The van der Waals surface area contributed by atoms with Crippen LogP contribution >= 0.6 is 0 Å². The predicted octanol–water partition coefficient (Wildman–Crippen LogP) is 2.75. The van der Waals surface area contributed by atoms with Crippen LogP contribution in [0.15, 0.2) is 23.1 Å². The van der Waals surface area contributed by atoms with Crippen LogP contribution in [-0.4, -0.2) is 25.3 Å². The Bertz CT molecular complexity index is 573. The van der Waals surface area contributed by atoms with E-state index in [4.69, 9.17) is 5.73 Å². The maximum Gasteiger partial charge on any atom is 0.246 e. The third-order valence-corrected chi connectivity index (χ3v) is 5.72. The van der Waals surface area contributed by atoms with Crippen molar-refractivity contribution in [2.45, 2.75) is 50.0 Å². The van der Waals surface area contributed by atoms with Crippen molar-refractivity contribution in [1.29, 1.82) is 0 Å². The Labute approximate surface area is 119 Å². The van der Waals surface area contributed by atoms with Gasteiger partial charge in [0.15, 0.2) is 0 Å².